The summed E-state index contributed by atoms with van der Waals surface area (Å²) >= 11 is 1.58. The third-order valence-electron chi connectivity index (χ3n) is 2.56. The molecular formula is C14H15N3O3S. The second-order valence-electron chi connectivity index (χ2n) is 4.08. The predicted molar refractivity (Wildman–Crippen MR) is 82.6 cm³/mol. The number of benzene rings is 1. The van der Waals surface area contributed by atoms with Gasteiger partial charge in [0.1, 0.15) is 0 Å². The van der Waals surface area contributed by atoms with Gasteiger partial charge in [-0.1, -0.05) is 12.1 Å². The largest absolute Gasteiger partial charge is 0.453 e. The van der Waals surface area contributed by atoms with Crippen molar-refractivity contribution in [3.63, 3.8) is 0 Å². The fraction of sp³-hybridized carbons (Fsp3) is 0.143. The number of ether oxygens (including phenoxy) is 1. The molecule has 0 bridgehead atoms. The lowest BCUT2D eigenvalue weighted by molar-refractivity contribution is 0.187. The molecule has 0 aliphatic rings. The number of methoxy groups -OCH3 is 1. The minimum Gasteiger partial charge on any atom is -0.453 e. The zero-order valence-corrected chi connectivity index (χ0v) is 12.2. The summed E-state index contributed by atoms with van der Waals surface area (Å²) < 4.78 is 4.51. The van der Waals surface area contributed by atoms with Crippen LogP contribution in [-0.4, -0.2) is 19.2 Å². The van der Waals surface area contributed by atoms with Crippen LogP contribution in [0.3, 0.4) is 0 Å². The number of urea groups is 1. The van der Waals surface area contributed by atoms with E-state index < -0.39 is 6.09 Å². The Kier molecular flexibility index (Phi) is 5.16. The SMILES string of the molecule is COC(=O)Nc1cccc(NC(=O)NCc2cccs2)c1. The Hall–Kier alpha value is -2.54. The maximum atomic E-state index is 11.8. The second-order valence-corrected chi connectivity index (χ2v) is 5.12. The van der Waals surface area contributed by atoms with Crippen LogP contribution >= 0.6 is 11.3 Å². The Morgan fingerprint density at radius 3 is 2.57 bits per heavy atom. The van der Waals surface area contributed by atoms with Gasteiger partial charge in [0.2, 0.25) is 0 Å². The van der Waals surface area contributed by atoms with Gasteiger partial charge in [-0.25, -0.2) is 9.59 Å². The number of nitrogens with one attached hydrogen (secondary N) is 3. The number of hydrogen-bond acceptors (Lipinski definition) is 4. The van der Waals surface area contributed by atoms with Gasteiger partial charge in [0.15, 0.2) is 0 Å². The molecule has 0 aliphatic heterocycles. The van der Waals surface area contributed by atoms with Gasteiger partial charge in [0.25, 0.3) is 0 Å². The molecular weight excluding hydrogens is 290 g/mol. The number of carbonyl (C=O) groups excluding carboxylic acids is 2. The third kappa shape index (κ3) is 4.81. The van der Waals surface area contributed by atoms with E-state index >= 15 is 0 Å². The summed E-state index contributed by atoms with van der Waals surface area (Å²) in [6.45, 7) is 0.476. The average molecular weight is 305 g/mol. The third-order valence-corrected chi connectivity index (χ3v) is 3.43. The van der Waals surface area contributed by atoms with Crippen LogP contribution in [0.15, 0.2) is 41.8 Å². The first-order valence-electron chi connectivity index (χ1n) is 6.19. The maximum absolute atomic E-state index is 11.8. The summed E-state index contributed by atoms with van der Waals surface area (Å²) in [5.41, 5.74) is 1.12. The van der Waals surface area contributed by atoms with E-state index in [9.17, 15) is 9.59 Å². The van der Waals surface area contributed by atoms with Crippen LogP contribution < -0.4 is 16.0 Å². The Morgan fingerprint density at radius 2 is 1.90 bits per heavy atom. The molecule has 1 heterocycles. The lowest BCUT2D eigenvalue weighted by Crippen LogP contribution is -2.27. The van der Waals surface area contributed by atoms with Gasteiger partial charge in [-0.3, -0.25) is 5.32 Å². The Bertz CT molecular complexity index is 614. The molecule has 3 amide bonds. The smallest absolute Gasteiger partial charge is 0.411 e. The number of carbonyl (C=O) groups is 2. The van der Waals surface area contributed by atoms with Gasteiger partial charge in [-0.05, 0) is 29.6 Å². The van der Waals surface area contributed by atoms with Crippen LogP contribution in [0.4, 0.5) is 21.0 Å². The molecule has 0 radical (unpaired) electrons. The summed E-state index contributed by atoms with van der Waals surface area (Å²) in [5.74, 6) is 0. The summed E-state index contributed by atoms with van der Waals surface area (Å²) in [7, 11) is 1.29. The number of amides is 3. The molecule has 3 N–H and O–H groups in total. The van der Waals surface area contributed by atoms with Crippen LogP contribution in [0.5, 0.6) is 0 Å². The fourth-order valence-electron chi connectivity index (χ4n) is 1.60. The summed E-state index contributed by atoms with van der Waals surface area (Å²) in [6, 6.07) is 10.4. The van der Waals surface area contributed by atoms with Gasteiger partial charge < -0.3 is 15.4 Å². The highest BCUT2D eigenvalue weighted by molar-refractivity contribution is 7.09. The first-order chi connectivity index (χ1) is 10.2. The average Bonchev–Trinajstić information content (AvgIpc) is 2.98. The highest BCUT2D eigenvalue weighted by Gasteiger charge is 2.04. The molecule has 7 heteroatoms. The summed E-state index contributed by atoms with van der Waals surface area (Å²) in [5, 5.41) is 9.94. The summed E-state index contributed by atoms with van der Waals surface area (Å²) in [6.07, 6.45) is -0.561. The number of hydrogen-bond donors (Lipinski definition) is 3. The van der Waals surface area contributed by atoms with Crippen LogP contribution in [0.2, 0.25) is 0 Å². The lowest BCUT2D eigenvalue weighted by atomic mass is 10.3. The molecule has 2 aromatic rings. The van der Waals surface area contributed by atoms with Crippen LogP contribution in [0.25, 0.3) is 0 Å². The van der Waals surface area contributed by atoms with Gasteiger partial charge in [0, 0.05) is 16.3 Å². The van der Waals surface area contributed by atoms with Crippen molar-refractivity contribution in [3.05, 3.63) is 46.7 Å². The minimum atomic E-state index is -0.561. The second kappa shape index (κ2) is 7.30. The van der Waals surface area contributed by atoms with Crippen molar-refractivity contribution in [3.8, 4) is 0 Å². The highest BCUT2D eigenvalue weighted by atomic mass is 32.1. The molecule has 0 spiro atoms. The van der Waals surface area contributed by atoms with Gasteiger partial charge >= 0.3 is 12.1 Å². The van der Waals surface area contributed by atoms with Crippen LogP contribution in [-0.2, 0) is 11.3 Å². The van der Waals surface area contributed by atoms with Crippen LogP contribution in [0.1, 0.15) is 4.88 Å². The normalized spacial score (nSPS) is 9.76. The molecule has 6 nitrogen and oxygen atoms in total. The van der Waals surface area contributed by atoms with E-state index in [4.69, 9.17) is 0 Å². The zero-order valence-electron chi connectivity index (χ0n) is 11.4. The molecule has 0 saturated heterocycles. The molecule has 0 unspecified atom stereocenters. The molecule has 0 aliphatic carbocycles. The highest BCUT2D eigenvalue weighted by Crippen LogP contribution is 2.15. The quantitative estimate of drug-likeness (QED) is 0.811. The minimum absolute atomic E-state index is 0.307. The van der Waals surface area contributed by atoms with Gasteiger partial charge in [-0.15, -0.1) is 11.3 Å². The fourth-order valence-corrected chi connectivity index (χ4v) is 2.24. The molecule has 1 aromatic heterocycles. The first-order valence-corrected chi connectivity index (χ1v) is 7.07. The van der Waals surface area contributed by atoms with E-state index in [2.05, 4.69) is 20.7 Å². The predicted octanol–water partition coefficient (Wildman–Crippen LogP) is 3.25. The Morgan fingerprint density at radius 1 is 1.14 bits per heavy atom. The monoisotopic (exact) mass is 305 g/mol. The van der Waals surface area contributed by atoms with E-state index in [1.54, 1.807) is 35.6 Å². The Balaban J connectivity index is 1.88. The molecule has 0 atom stereocenters. The maximum Gasteiger partial charge on any atom is 0.411 e. The van der Waals surface area contributed by atoms with Gasteiger partial charge in [-0.2, -0.15) is 0 Å². The zero-order chi connectivity index (χ0) is 15.1. The lowest BCUT2D eigenvalue weighted by Gasteiger charge is -2.09. The van der Waals surface area contributed by atoms with E-state index in [0.717, 1.165) is 4.88 Å². The van der Waals surface area contributed by atoms with Crippen molar-refractivity contribution in [1.82, 2.24) is 5.32 Å². The van der Waals surface area contributed by atoms with Crippen molar-refractivity contribution in [2.75, 3.05) is 17.7 Å². The van der Waals surface area contributed by atoms with Crippen molar-refractivity contribution < 1.29 is 14.3 Å². The van der Waals surface area contributed by atoms with E-state index in [1.165, 1.54) is 7.11 Å². The number of thiophene rings is 1. The van der Waals surface area contributed by atoms with Crippen molar-refractivity contribution in [2.24, 2.45) is 0 Å². The Labute approximate surface area is 126 Å². The molecule has 1 aromatic carbocycles. The molecule has 21 heavy (non-hydrogen) atoms. The topological polar surface area (TPSA) is 79.5 Å². The molecule has 2 rings (SSSR count). The number of anilines is 2. The van der Waals surface area contributed by atoms with Gasteiger partial charge in [0.05, 0.1) is 13.7 Å². The summed E-state index contributed by atoms with van der Waals surface area (Å²) in [4.78, 5) is 24.0. The van der Waals surface area contributed by atoms with E-state index in [0.29, 0.717) is 17.9 Å². The first kappa shape index (κ1) is 14.9. The van der Waals surface area contributed by atoms with Crippen molar-refractivity contribution in [1.29, 1.82) is 0 Å². The van der Waals surface area contributed by atoms with Crippen LogP contribution in [0, 0.1) is 0 Å². The molecule has 0 saturated carbocycles. The van der Waals surface area contributed by atoms with Crippen molar-refractivity contribution in [2.45, 2.75) is 6.54 Å². The molecule has 110 valence electrons. The molecule has 0 fully saturated rings. The van der Waals surface area contributed by atoms with E-state index in [-0.39, 0.29) is 6.03 Å². The van der Waals surface area contributed by atoms with E-state index in [1.807, 2.05) is 17.5 Å². The standard InChI is InChI=1S/C14H15N3O3S/c1-20-14(19)17-11-5-2-4-10(8-11)16-13(18)15-9-12-6-3-7-21-12/h2-8H,9H2,1H3,(H,17,19)(H2,15,16,18). The number of rotatable bonds is 4. The van der Waals surface area contributed by atoms with Crippen molar-refractivity contribution >= 4 is 34.8 Å².